The molecular formula is C17H20N2O2. The number of hydrogen-bond donors (Lipinski definition) is 3. The summed E-state index contributed by atoms with van der Waals surface area (Å²) in [5, 5.41) is 22.5. The number of phenols is 2. The molecule has 2 rings (SSSR count). The van der Waals surface area contributed by atoms with Gasteiger partial charge >= 0.3 is 0 Å². The van der Waals surface area contributed by atoms with Crippen LogP contribution < -0.4 is 5.32 Å². The molecule has 0 saturated heterocycles. The Morgan fingerprint density at radius 1 is 0.952 bits per heavy atom. The molecule has 4 heteroatoms. The van der Waals surface area contributed by atoms with Crippen molar-refractivity contribution in [3.8, 4) is 11.5 Å². The minimum atomic E-state index is 0.249. The van der Waals surface area contributed by atoms with Gasteiger partial charge in [0.25, 0.3) is 0 Å². The van der Waals surface area contributed by atoms with Gasteiger partial charge in [-0.15, -0.1) is 0 Å². The minimum Gasteiger partial charge on any atom is -0.508 e. The molecule has 0 spiro atoms. The van der Waals surface area contributed by atoms with E-state index in [0.717, 1.165) is 24.1 Å². The van der Waals surface area contributed by atoms with E-state index in [1.807, 2.05) is 30.3 Å². The SMILES string of the molecule is Oc1ccccc1C=NCCCNCc1ccccc1O. The van der Waals surface area contributed by atoms with Crippen molar-refractivity contribution in [3.63, 3.8) is 0 Å². The van der Waals surface area contributed by atoms with Gasteiger partial charge in [-0.25, -0.2) is 0 Å². The fourth-order valence-corrected chi connectivity index (χ4v) is 1.94. The van der Waals surface area contributed by atoms with Gasteiger partial charge < -0.3 is 15.5 Å². The van der Waals surface area contributed by atoms with Crippen LogP contribution >= 0.6 is 0 Å². The highest BCUT2D eigenvalue weighted by molar-refractivity contribution is 5.83. The maximum Gasteiger partial charge on any atom is 0.124 e. The Labute approximate surface area is 124 Å². The lowest BCUT2D eigenvalue weighted by molar-refractivity contribution is 0.464. The lowest BCUT2D eigenvalue weighted by atomic mass is 10.2. The molecule has 0 fully saturated rings. The molecule has 0 atom stereocenters. The Balaban J connectivity index is 1.65. The van der Waals surface area contributed by atoms with Gasteiger partial charge in [-0.2, -0.15) is 0 Å². The molecule has 0 saturated carbocycles. The van der Waals surface area contributed by atoms with Gasteiger partial charge in [0.05, 0.1) is 0 Å². The second-order valence-corrected chi connectivity index (χ2v) is 4.75. The molecule has 0 unspecified atom stereocenters. The monoisotopic (exact) mass is 284 g/mol. The number of aliphatic imine (C=N–C) groups is 1. The topological polar surface area (TPSA) is 64.9 Å². The van der Waals surface area contributed by atoms with Crippen LogP contribution in [0, 0.1) is 0 Å². The summed E-state index contributed by atoms with van der Waals surface area (Å²) in [7, 11) is 0. The van der Waals surface area contributed by atoms with Crippen LogP contribution in [0.2, 0.25) is 0 Å². The van der Waals surface area contributed by atoms with Crippen LogP contribution in [0.1, 0.15) is 17.5 Å². The lowest BCUT2D eigenvalue weighted by Gasteiger charge is -2.05. The number of nitrogens with zero attached hydrogens (tertiary/aromatic N) is 1. The van der Waals surface area contributed by atoms with Gasteiger partial charge in [0.15, 0.2) is 0 Å². The molecule has 0 aliphatic rings. The number of rotatable bonds is 7. The first-order valence-electron chi connectivity index (χ1n) is 7.03. The Morgan fingerprint density at radius 3 is 2.43 bits per heavy atom. The minimum absolute atomic E-state index is 0.249. The van der Waals surface area contributed by atoms with E-state index in [9.17, 15) is 10.2 Å². The third kappa shape index (κ3) is 4.93. The van der Waals surface area contributed by atoms with Crippen molar-refractivity contribution in [2.75, 3.05) is 13.1 Å². The van der Waals surface area contributed by atoms with Crippen molar-refractivity contribution in [2.45, 2.75) is 13.0 Å². The molecule has 2 aromatic carbocycles. The van der Waals surface area contributed by atoms with Gasteiger partial charge in [0.1, 0.15) is 11.5 Å². The van der Waals surface area contributed by atoms with Crippen LogP contribution in [-0.2, 0) is 6.54 Å². The standard InChI is InChI=1S/C17H20N2O2/c20-16-8-3-1-6-14(16)12-18-10-5-11-19-13-15-7-2-4-9-17(15)21/h1-4,6-9,12,19-21H,5,10-11,13H2. The third-order valence-corrected chi connectivity index (χ3v) is 3.11. The molecule has 21 heavy (non-hydrogen) atoms. The number of aromatic hydroxyl groups is 2. The largest absolute Gasteiger partial charge is 0.508 e. The summed E-state index contributed by atoms with van der Waals surface area (Å²) >= 11 is 0. The van der Waals surface area contributed by atoms with E-state index >= 15 is 0 Å². The van der Waals surface area contributed by atoms with Gasteiger partial charge in [0, 0.05) is 30.4 Å². The number of nitrogens with one attached hydrogen (secondary N) is 1. The number of phenolic OH excluding ortho intramolecular Hbond substituents is 2. The van der Waals surface area contributed by atoms with Gasteiger partial charge in [0.2, 0.25) is 0 Å². The molecule has 110 valence electrons. The van der Waals surface area contributed by atoms with Crippen molar-refractivity contribution in [2.24, 2.45) is 4.99 Å². The van der Waals surface area contributed by atoms with E-state index in [1.54, 1.807) is 24.4 Å². The van der Waals surface area contributed by atoms with E-state index < -0.39 is 0 Å². The van der Waals surface area contributed by atoms with Crippen molar-refractivity contribution >= 4 is 6.21 Å². The van der Waals surface area contributed by atoms with E-state index in [2.05, 4.69) is 10.3 Å². The van der Waals surface area contributed by atoms with Crippen molar-refractivity contribution < 1.29 is 10.2 Å². The molecule has 0 aliphatic carbocycles. The molecule has 0 aromatic heterocycles. The maximum absolute atomic E-state index is 9.62. The predicted octanol–water partition coefficient (Wildman–Crippen LogP) is 2.70. The Hall–Kier alpha value is -2.33. The van der Waals surface area contributed by atoms with E-state index in [0.29, 0.717) is 18.8 Å². The van der Waals surface area contributed by atoms with Crippen molar-refractivity contribution in [3.05, 3.63) is 59.7 Å². The lowest BCUT2D eigenvalue weighted by Crippen LogP contribution is -2.15. The van der Waals surface area contributed by atoms with E-state index in [-0.39, 0.29) is 5.75 Å². The summed E-state index contributed by atoms with van der Waals surface area (Å²) in [6, 6.07) is 14.4. The highest BCUT2D eigenvalue weighted by atomic mass is 16.3. The molecule has 0 bridgehead atoms. The third-order valence-electron chi connectivity index (χ3n) is 3.11. The quantitative estimate of drug-likeness (QED) is 0.541. The van der Waals surface area contributed by atoms with Crippen LogP contribution in [0.25, 0.3) is 0 Å². The van der Waals surface area contributed by atoms with Crippen LogP contribution in [0.4, 0.5) is 0 Å². The molecular weight excluding hydrogens is 264 g/mol. The van der Waals surface area contributed by atoms with Gasteiger partial charge in [-0.05, 0) is 31.2 Å². The van der Waals surface area contributed by atoms with Crippen LogP contribution in [0.3, 0.4) is 0 Å². The normalized spacial score (nSPS) is 11.0. The average Bonchev–Trinajstić information content (AvgIpc) is 2.50. The second-order valence-electron chi connectivity index (χ2n) is 4.75. The molecule has 4 nitrogen and oxygen atoms in total. The zero-order valence-electron chi connectivity index (χ0n) is 11.9. The second kappa shape index (κ2) is 8.07. The molecule has 0 aliphatic heterocycles. The first-order valence-corrected chi connectivity index (χ1v) is 7.03. The van der Waals surface area contributed by atoms with Crippen molar-refractivity contribution in [1.29, 1.82) is 0 Å². The zero-order chi connectivity index (χ0) is 14.9. The van der Waals surface area contributed by atoms with Crippen molar-refractivity contribution in [1.82, 2.24) is 5.32 Å². The summed E-state index contributed by atoms with van der Waals surface area (Å²) in [6.07, 6.45) is 2.59. The zero-order valence-corrected chi connectivity index (χ0v) is 11.9. The summed E-state index contributed by atoms with van der Waals surface area (Å²) in [5.74, 6) is 0.571. The molecule has 0 heterocycles. The smallest absolute Gasteiger partial charge is 0.124 e. The maximum atomic E-state index is 9.62. The number of benzene rings is 2. The Morgan fingerprint density at radius 2 is 1.67 bits per heavy atom. The van der Waals surface area contributed by atoms with E-state index in [4.69, 9.17) is 0 Å². The average molecular weight is 284 g/mol. The Kier molecular flexibility index (Phi) is 5.79. The molecule has 0 amide bonds. The first-order chi connectivity index (χ1) is 10.3. The van der Waals surface area contributed by atoms with Crippen LogP contribution in [-0.4, -0.2) is 29.5 Å². The fraction of sp³-hybridized carbons (Fsp3) is 0.235. The summed E-state index contributed by atoms with van der Waals surface area (Å²) in [5.41, 5.74) is 1.63. The number of para-hydroxylation sites is 2. The summed E-state index contributed by atoms with van der Waals surface area (Å²) < 4.78 is 0. The highest BCUT2D eigenvalue weighted by Gasteiger charge is 1.98. The van der Waals surface area contributed by atoms with Gasteiger partial charge in [-0.3, -0.25) is 4.99 Å². The van der Waals surface area contributed by atoms with Gasteiger partial charge in [-0.1, -0.05) is 30.3 Å². The molecule has 0 radical (unpaired) electrons. The molecule has 3 N–H and O–H groups in total. The predicted molar refractivity (Wildman–Crippen MR) is 85.0 cm³/mol. The first kappa shape index (κ1) is 15.1. The van der Waals surface area contributed by atoms with Crippen LogP contribution in [0.5, 0.6) is 11.5 Å². The fourth-order valence-electron chi connectivity index (χ4n) is 1.94. The van der Waals surface area contributed by atoms with E-state index in [1.165, 1.54) is 0 Å². The highest BCUT2D eigenvalue weighted by Crippen LogP contribution is 2.14. The summed E-state index contributed by atoms with van der Waals surface area (Å²) in [4.78, 5) is 4.29. The molecule has 2 aromatic rings. The van der Waals surface area contributed by atoms with Crippen LogP contribution in [0.15, 0.2) is 53.5 Å². The Bertz CT molecular complexity index is 597. The number of hydrogen-bond acceptors (Lipinski definition) is 4. The summed E-state index contributed by atoms with van der Waals surface area (Å²) in [6.45, 7) is 2.17.